The molecule has 2 saturated heterocycles. The zero-order valence-corrected chi connectivity index (χ0v) is 14.4. The summed E-state index contributed by atoms with van der Waals surface area (Å²) in [5.74, 6) is -0.468. The van der Waals surface area contributed by atoms with Gasteiger partial charge >= 0.3 is 6.61 Å². The Morgan fingerprint density at radius 2 is 1.69 bits per heavy atom. The van der Waals surface area contributed by atoms with E-state index in [1.165, 1.54) is 12.1 Å². The average Bonchev–Trinajstić information content (AvgIpc) is 2.68. The molecule has 0 bridgehead atoms. The molecule has 0 unspecified atom stereocenters. The second-order valence-electron chi connectivity index (χ2n) is 6.38. The summed E-state index contributed by atoms with van der Waals surface area (Å²) in [7, 11) is 0. The predicted octanol–water partition coefficient (Wildman–Crippen LogP) is 2.00. The van der Waals surface area contributed by atoms with E-state index in [1.54, 1.807) is 17.0 Å². The summed E-state index contributed by atoms with van der Waals surface area (Å²) < 4.78 is 34.8. The minimum absolute atomic E-state index is 0.107. The fourth-order valence-corrected chi connectivity index (χ4v) is 3.38. The van der Waals surface area contributed by atoms with Crippen molar-refractivity contribution in [2.24, 2.45) is 5.92 Å². The van der Waals surface area contributed by atoms with E-state index in [9.17, 15) is 18.4 Å². The van der Waals surface area contributed by atoms with Gasteiger partial charge in [-0.15, -0.1) is 0 Å². The Morgan fingerprint density at radius 3 is 2.35 bits per heavy atom. The largest absolute Gasteiger partial charge is 0.434 e. The number of hydrogen-bond acceptors (Lipinski definition) is 4. The Morgan fingerprint density at radius 1 is 1.04 bits per heavy atom. The zero-order valence-electron chi connectivity index (χ0n) is 14.4. The first-order chi connectivity index (χ1) is 12.6. The highest BCUT2D eigenvalue weighted by Crippen LogP contribution is 2.26. The number of hydrogen-bond donors (Lipinski definition) is 0. The zero-order chi connectivity index (χ0) is 18.5. The van der Waals surface area contributed by atoms with Crippen molar-refractivity contribution in [2.45, 2.75) is 19.5 Å². The molecule has 142 valence electrons. The molecule has 1 aromatic carbocycles. The molecule has 0 aliphatic carbocycles. The molecule has 8 heteroatoms. The molecule has 3 rings (SSSR count). The molecule has 0 aromatic heterocycles. The third-order valence-corrected chi connectivity index (χ3v) is 4.79. The Balaban J connectivity index is 1.59. The Bertz CT molecular complexity index is 642. The number of morpholine rings is 1. The van der Waals surface area contributed by atoms with Gasteiger partial charge in [0.2, 0.25) is 5.91 Å². The summed E-state index contributed by atoms with van der Waals surface area (Å²) in [4.78, 5) is 28.6. The van der Waals surface area contributed by atoms with Crippen LogP contribution in [0.25, 0.3) is 0 Å². The smallest absolute Gasteiger partial charge is 0.387 e. The molecule has 0 saturated carbocycles. The van der Waals surface area contributed by atoms with E-state index in [0.717, 1.165) is 0 Å². The van der Waals surface area contributed by atoms with Crippen LogP contribution in [0.4, 0.5) is 8.78 Å². The highest BCUT2D eigenvalue weighted by Gasteiger charge is 2.32. The van der Waals surface area contributed by atoms with Crippen molar-refractivity contribution >= 4 is 11.8 Å². The van der Waals surface area contributed by atoms with E-state index in [-0.39, 0.29) is 29.0 Å². The fourth-order valence-electron chi connectivity index (χ4n) is 3.38. The number of rotatable bonds is 4. The lowest BCUT2D eigenvalue weighted by molar-refractivity contribution is -0.141. The van der Waals surface area contributed by atoms with Crippen molar-refractivity contribution in [3.05, 3.63) is 29.8 Å². The van der Waals surface area contributed by atoms with E-state index in [0.29, 0.717) is 52.2 Å². The second-order valence-corrected chi connectivity index (χ2v) is 6.38. The summed E-state index contributed by atoms with van der Waals surface area (Å²) in [6, 6.07) is 5.99. The van der Waals surface area contributed by atoms with Gasteiger partial charge in [0.05, 0.1) is 18.8 Å². The molecule has 26 heavy (non-hydrogen) atoms. The standard InChI is InChI=1S/C18H22F2N2O4/c19-18(20)26-15-4-2-1-3-14(15)17(24)21-7-5-13(6-8-21)16(23)22-9-11-25-12-10-22/h1-4,13,18H,5-12H2. The summed E-state index contributed by atoms with van der Waals surface area (Å²) in [5.41, 5.74) is 0.116. The number of nitrogens with zero attached hydrogens (tertiary/aromatic N) is 2. The predicted molar refractivity (Wildman–Crippen MR) is 89.1 cm³/mol. The third kappa shape index (κ3) is 4.30. The number of carbonyl (C=O) groups is 2. The molecule has 2 amide bonds. The topological polar surface area (TPSA) is 59.1 Å². The van der Waals surface area contributed by atoms with Gasteiger partial charge in [0.1, 0.15) is 5.75 Å². The molecule has 2 aliphatic rings. The molecule has 2 heterocycles. The van der Waals surface area contributed by atoms with Crippen molar-refractivity contribution < 1.29 is 27.8 Å². The second kappa shape index (κ2) is 8.44. The van der Waals surface area contributed by atoms with Crippen molar-refractivity contribution in [1.82, 2.24) is 9.80 Å². The number of benzene rings is 1. The third-order valence-electron chi connectivity index (χ3n) is 4.79. The van der Waals surface area contributed by atoms with Gasteiger partial charge in [0.15, 0.2) is 0 Å². The van der Waals surface area contributed by atoms with Gasteiger partial charge in [-0.05, 0) is 25.0 Å². The molecule has 0 spiro atoms. The fraction of sp³-hybridized carbons (Fsp3) is 0.556. The molecule has 1 aromatic rings. The maximum Gasteiger partial charge on any atom is 0.387 e. The van der Waals surface area contributed by atoms with Gasteiger partial charge in [-0.1, -0.05) is 12.1 Å². The molecule has 2 fully saturated rings. The minimum Gasteiger partial charge on any atom is -0.434 e. The lowest BCUT2D eigenvalue weighted by Gasteiger charge is -2.35. The van der Waals surface area contributed by atoms with E-state index in [2.05, 4.69) is 4.74 Å². The highest BCUT2D eigenvalue weighted by atomic mass is 19.3. The Labute approximate surface area is 150 Å². The summed E-state index contributed by atoms with van der Waals surface area (Å²) in [6.45, 7) is 0.187. The van der Waals surface area contributed by atoms with E-state index in [1.807, 2.05) is 4.90 Å². The summed E-state index contributed by atoms with van der Waals surface area (Å²) in [5, 5.41) is 0. The van der Waals surface area contributed by atoms with Gasteiger partial charge < -0.3 is 19.3 Å². The van der Waals surface area contributed by atoms with Gasteiger partial charge in [-0.3, -0.25) is 9.59 Å². The van der Waals surface area contributed by atoms with Crippen LogP contribution >= 0.6 is 0 Å². The van der Waals surface area contributed by atoms with Crippen molar-refractivity contribution in [3.8, 4) is 5.75 Å². The molecule has 0 radical (unpaired) electrons. The number of para-hydroxylation sites is 1. The van der Waals surface area contributed by atoms with Crippen LogP contribution in [-0.2, 0) is 9.53 Å². The van der Waals surface area contributed by atoms with Crippen LogP contribution < -0.4 is 4.74 Å². The van der Waals surface area contributed by atoms with Crippen molar-refractivity contribution in [2.75, 3.05) is 39.4 Å². The van der Waals surface area contributed by atoms with Crippen LogP contribution in [0, 0.1) is 5.92 Å². The molecule has 2 aliphatic heterocycles. The van der Waals surface area contributed by atoms with Crippen LogP contribution in [0.5, 0.6) is 5.75 Å². The van der Waals surface area contributed by atoms with Gasteiger partial charge in [-0.2, -0.15) is 8.78 Å². The van der Waals surface area contributed by atoms with E-state index in [4.69, 9.17) is 4.74 Å². The minimum atomic E-state index is -2.99. The van der Waals surface area contributed by atoms with Gasteiger partial charge in [0.25, 0.3) is 5.91 Å². The maximum atomic E-state index is 12.7. The average molecular weight is 368 g/mol. The van der Waals surface area contributed by atoms with Gasteiger partial charge in [0, 0.05) is 32.1 Å². The van der Waals surface area contributed by atoms with Crippen LogP contribution in [0.1, 0.15) is 23.2 Å². The summed E-state index contributed by atoms with van der Waals surface area (Å²) >= 11 is 0. The van der Waals surface area contributed by atoms with Gasteiger partial charge in [-0.25, -0.2) is 0 Å². The maximum absolute atomic E-state index is 12.7. The first-order valence-corrected chi connectivity index (χ1v) is 8.76. The van der Waals surface area contributed by atoms with Crippen molar-refractivity contribution in [1.29, 1.82) is 0 Å². The number of ether oxygens (including phenoxy) is 2. The molecule has 6 nitrogen and oxygen atoms in total. The number of halogens is 2. The Hall–Kier alpha value is -2.22. The molecular weight excluding hydrogens is 346 g/mol. The first kappa shape index (κ1) is 18.6. The molecular formula is C18H22F2N2O4. The number of alkyl halides is 2. The highest BCUT2D eigenvalue weighted by molar-refractivity contribution is 5.97. The lowest BCUT2D eigenvalue weighted by Crippen LogP contribution is -2.47. The van der Waals surface area contributed by atoms with Crippen molar-refractivity contribution in [3.63, 3.8) is 0 Å². The first-order valence-electron chi connectivity index (χ1n) is 8.76. The number of carbonyl (C=O) groups excluding carboxylic acids is 2. The Kier molecular flexibility index (Phi) is 6.03. The lowest BCUT2D eigenvalue weighted by atomic mass is 9.94. The molecule has 0 atom stereocenters. The monoisotopic (exact) mass is 368 g/mol. The van der Waals surface area contributed by atoms with Crippen LogP contribution in [0.2, 0.25) is 0 Å². The van der Waals surface area contributed by atoms with Crippen LogP contribution in [-0.4, -0.2) is 67.6 Å². The number of amides is 2. The van der Waals surface area contributed by atoms with E-state index >= 15 is 0 Å². The summed E-state index contributed by atoms with van der Waals surface area (Å²) in [6.07, 6.45) is 1.14. The molecule has 0 N–H and O–H groups in total. The SMILES string of the molecule is O=C(c1ccccc1OC(F)F)N1CCC(C(=O)N2CCOCC2)CC1. The number of likely N-dealkylation sites (tertiary alicyclic amines) is 1. The van der Waals surface area contributed by atoms with Crippen LogP contribution in [0.3, 0.4) is 0 Å². The normalized spacial score (nSPS) is 18.9. The quantitative estimate of drug-likeness (QED) is 0.816. The number of piperidine rings is 1. The van der Waals surface area contributed by atoms with Crippen LogP contribution in [0.15, 0.2) is 24.3 Å². The van der Waals surface area contributed by atoms with E-state index < -0.39 is 6.61 Å².